The number of carbonyl (C=O) groups excluding carboxylic acids is 1. The van der Waals surface area contributed by atoms with Crippen LogP contribution in [0.2, 0.25) is 0 Å². The summed E-state index contributed by atoms with van der Waals surface area (Å²) < 4.78 is 15.6. The Morgan fingerprint density at radius 1 is 1.06 bits per heavy atom. The zero-order valence-corrected chi connectivity index (χ0v) is 19.4. The first kappa shape index (κ1) is 21.8. The minimum Gasteiger partial charge on any atom is -0.341 e. The predicted octanol–water partition coefficient (Wildman–Crippen LogP) is 5.06. The normalized spacial score (nSPS) is 16.9. The van der Waals surface area contributed by atoms with Gasteiger partial charge in [0.25, 0.3) is 0 Å². The van der Waals surface area contributed by atoms with Crippen LogP contribution in [0.4, 0.5) is 4.39 Å². The fourth-order valence-corrected chi connectivity index (χ4v) is 4.83. The zero-order chi connectivity index (χ0) is 22.9. The van der Waals surface area contributed by atoms with Crippen LogP contribution >= 0.6 is 0 Å². The fraction of sp³-hybridized carbons (Fsp3) is 0.444. The summed E-state index contributed by atoms with van der Waals surface area (Å²) in [5.41, 5.74) is 5.84. The Morgan fingerprint density at radius 3 is 2.55 bits per heavy atom. The molecule has 3 aromatic rings. The van der Waals surface area contributed by atoms with Crippen molar-refractivity contribution in [1.82, 2.24) is 19.7 Å². The van der Waals surface area contributed by atoms with E-state index >= 15 is 0 Å². The summed E-state index contributed by atoms with van der Waals surface area (Å²) in [5.74, 6) is 0.975. The van der Waals surface area contributed by atoms with Gasteiger partial charge in [-0.3, -0.25) is 14.5 Å². The summed E-state index contributed by atoms with van der Waals surface area (Å²) in [6, 6.07) is 11.4. The molecule has 0 spiro atoms. The summed E-state index contributed by atoms with van der Waals surface area (Å²) in [5, 5.41) is 4.76. The number of aromatic nitrogens is 3. The smallest absolute Gasteiger partial charge is 0.244 e. The maximum Gasteiger partial charge on any atom is 0.244 e. The van der Waals surface area contributed by atoms with E-state index in [0.717, 1.165) is 67.8 Å². The van der Waals surface area contributed by atoms with Crippen LogP contribution in [0.1, 0.15) is 54.1 Å². The minimum atomic E-state index is -0.211. The molecule has 3 heterocycles. The third-order valence-electron chi connectivity index (χ3n) is 6.98. The summed E-state index contributed by atoms with van der Waals surface area (Å²) in [6.45, 7) is 5.72. The van der Waals surface area contributed by atoms with Crippen LogP contribution in [0.15, 0.2) is 42.6 Å². The Hall–Kier alpha value is -3.02. The second-order valence-corrected chi connectivity index (χ2v) is 9.70. The maximum absolute atomic E-state index is 13.7. The fourth-order valence-electron chi connectivity index (χ4n) is 4.83. The second-order valence-electron chi connectivity index (χ2n) is 9.70. The number of hydrogen-bond donors (Lipinski definition) is 0. The van der Waals surface area contributed by atoms with E-state index in [2.05, 4.69) is 24.0 Å². The standard InChI is InChI=1S/C27H31FN4O/c1-18-7-10-29-23(13-18)15-20-8-11-31(12-9-20)27(33)17-32-26(21-3-4-21)16-25(30-32)22-5-6-24(28)19(2)14-22/h5-7,10,13-14,16,20-21H,3-4,8-9,11-12,15,17H2,1-2H3. The van der Waals surface area contributed by atoms with Crippen LogP contribution in [0, 0.1) is 25.6 Å². The van der Waals surface area contributed by atoms with Crippen LogP contribution < -0.4 is 0 Å². The van der Waals surface area contributed by atoms with E-state index in [0.29, 0.717) is 17.4 Å². The lowest BCUT2D eigenvalue weighted by atomic mass is 9.91. The average Bonchev–Trinajstić information content (AvgIpc) is 3.56. The highest BCUT2D eigenvalue weighted by Crippen LogP contribution is 2.41. The van der Waals surface area contributed by atoms with Gasteiger partial charge in [0.05, 0.1) is 5.69 Å². The second kappa shape index (κ2) is 9.08. The number of halogens is 1. The monoisotopic (exact) mass is 446 g/mol. The maximum atomic E-state index is 13.7. The average molecular weight is 447 g/mol. The number of hydrogen-bond acceptors (Lipinski definition) is 3. The molecule has 0 N–H and O–H groups in total. The van der Waals surface area contributed by atoms with Gasteiger partial charge in [-0.15, -0.1) is 0 Å². The van der Waals surface area contributed by atoms with E-state index in [1.165, 1.54) is 11.6 Å². The Labute approximate surface area is 194 Å². The van der Waals surface area contributed by atoms with Crippen LogP contribution in [-0.4, -0.2) is 38.7 Å². The van der Waals surface area contributed by atoms with E-state index in [1.54, 1.807) is 13.0 Å². The lowest BCUT2D eigenvalue weighted by Gasteiger charge is -2.32. The molecule has 0 atom stereocenters. The van der Waals surface area contributed by atoms with E-state index < -0.39 is 0 Å². The Kier molecular flexibility index (Phi) is 6.00. The number of rotatable bonds is 6. The van der Waals surface area contributed by atoms with Gasteiger partial charge in [-0.05, 0) is 99.4 Å². The van der Waals surface area contributed by atoms with Crippen LogP contribution in [0.25, 0.3) is 11.3 Å². The number of pyridine rings is 1. The molecular formula is C27H31FN4O. The molecule has 0 bridgehead atoms. The molecular weight excluding hydrogens is 415 g/mol. The van der Waals surface area contributed by atoms with Crippen molar-refractivity contribution in [2.45, 2.75) is 58.4 Å². The summed E-state index contributed by atoms with van der Waals surface area (Å²) in [7, 11) is 0. The van der Waals surface area contributed by atoms with Gasteiger partial charge in [0, 0.05) is 42.2 Å². The number of carbonyl (C=O) groups is 1. The molecule has 2 fully saturated rings. The molecule has 2 aromatic heterocycles. The highest BCUT2D eigenvalue weighted by Gasteiger charge is 2.30. The summed E-state index contributed by atoms with van der Waals surface area (Å²) in [6.07, 6.45) is 7.16. The molecule has 1 aliphatic carbocycles. The lowest BCUT2D eigenvalue weighted by Crippen LogP contribution is -2.41. The number of benzene rings is 1. The highest BCUT2D eigenvalue weighted by molar-refractivity contribution is 5.76. The van der Waals surface area contributed by atoms with Gasteiger partial charge >= 0.3 is 0 Å². The Bertz CT molecular complexity index is 1160. The lowest BCUT2D eigenvalue weighted by molar-refractivity contribution is -0.133. The number of amides is 1. The van der Waals surface area contributed by atoms with Crippen molar-refractivity contribution in [1.29, 1.82) is 0 Å². The first-order chi connectivity index (χ1) is 16.0. The molecule has 5 rings (SSSR count). The molecule has 0 unspecified atom stereocenters. The van der Waals surface area contributed by atoms with Crippen molar-refractivity contribution in [3.8, 4) is 11.3 Å². The van der Waals surface area contributed by atoms with Crippen LogP contribution in [0.5, 0.6) is 0 Å². The van der Waals surface area contributed by atoms with E-state index in [1.807, 2.05) is 27.9 Å². The van der Waals surface area contributed by atoms with Crippen LogP contribution in [-0.2, 0) is 17.8 Å². The number of aryl methyl sites for hydroxylation is 2. The van der Waals surface area contributed by atoms with Gasteiger partial charge in [0.15, 0.2) is 0 Å². The Morgan fingerprint density at radius 2 is 1.85 bits per heavy atom. The van der Waals surface area contributed by atoms with Gasteiger partial charge in [-0.1, -0.05) is 0 Å². The molecule has 1 amide bonds. The van der Waals surface area contributed by atoms with E-state index in [-0.39, 0.29) is 18.3 Å². The molecule has 6 heteroatoms. The first-order valence-corrected chi connectivity index (χ1v) is 12.0. The summed E-state index contributed by atoms with van der Waals surface area (Å²) in [4.78, 5) is 19.6. The van der Waals surface area contributed by atoms with Crippen molar-refractivity contribution in [3.05, 3.63) is 70.9 Å². The van der Waals surface area contributed by atoms with Gasteiger partial charge < -0.3 is 4.90 Å². The van der Waals surface area contributed by atoms with Crippen LogP contribution in [0.3, 0.4) is 0 Å². The molecule has 0 radical (unpaired) electrons. The summed E-state index contributed by atoms with van der Waals surface area (Å²) >= 11 is 0. The molecule has 1 saturated carbocycles. The zero-order valence-electron chi connectivity index (χ0n) is 19.4. The highest BCUT2D eigenvalue weighted by atomic mass is 19.1. The number of piperidine rings is 1. The van der Waals surface area contributed by atoms with Crippen molar-refractivity contribution >= 4 is 5.91 Å². The molecule has 5 nitrogen and oxygen atoms in total. The van der Waals surface area contributed by atoms with Crippen molar-refractivity contribution in [2.24, 2.45) is 5.92 Å². The molecule has 33 heavy (non-hydrogen) atoms. The van der Waals surface area contributed by atoms with Gasteiger partial charge in [-0.25, -0.2) is 4.39 Å². The Balaban J connectivity index is 1.23. The molecule has 2 aliphatic rings. The van der Waals surface area contributed by atoms with E-state index in [4.69, 9.17) is 5.10 Å². The largest absolute Gasteiger partial charge is 0.341 e. The van der Waals surface area contributed by atoms with Gasteiger partial charge in [-0.2, -0.15) is 5.10 Å². The first-order valence-electron chi connectivity index (χ1n) is 12.0. The van der Waals surface area contributed by atoms with Crippen molar-refractivity contribution in [3.63, 3.8) is 0 Å². The third-order valence-corrected chi connectivity index (χ3v) is 6.98. The molecule has 1 aliphatic heterocycles. The molecule has 1 saturated heterocycles. The number of likely N-dealkylation sites (tertiary alicyclic amines) is 1. The predicted molar refractivity (Wildman–Crippen MR) is 126 cm³/mol. The van der Waals surface area contributed by atoms with Gasteiger partial charge in [0.2, 0.25) is 5.91 Å². The van der Waals surface area contributed by atoms with Gasteiger partial charge in [0.1, 0.15) is 12.4 Å². The molecule has 172 valence electrons. The quantitative estimate of drug-likeness (QED) is 0.532. The van der Waals surface area contributed by atoms with Crippen molar-refractivity contribution in [2.75, 3.05) is 13.1 Å². The third kappa shape index (κ3) is 5.00. The minimum absolute atomic E-state index is 0.133. The topological polar surface area (TPSA) is 51.0 Å². The number of nitrogens with zero attached hydrogens (tertiary/aromatic N) is 4. The SMILES string of the molecule is Cc1ccnc(CC2CCN(C(=O)Cn3nc(-c4ccc(F)c(C)c4)cc3C3CC3)CC2)c1. The van der Waals surface area contributed by atoms with Crippen molar-refractivity contribution < 1.29 is 9.18 Å². The molecule has 1 aromatic carbocycles. The van der Waals surface area contributed by atoms with E-state index in [9.17, 15) is 9.18 Å².